The average molecular weight is 268 g/mol. The average Bonchev–Trinajstić information content (AvgIpc) is 2.27. The summed E-state index contributed by atoms with van der Waals surface area (Å²) in [5.74, 6) is 0. The first-order valence-electron chi connectivity index (χ1n) is 5.56. The molecule has 0 heterocycles. The summed E-state index contributed by atoms with van der Waals surface area (Å²) in [6.07, 6.45) is -0.740. The van der Waals surface area contributed by atoms with Gasteiger partial charge in [0.15, 0.2) is 0 Å². The molecule has 0 aliphatic heterocycles. The van der Waals surface area contributed by atoms with Crippen LogP contribution >= 0.6 is 0 Å². The van der Waals surface area contributed by atoms with Gasteiger partial charge in [0.1, 0.15) is 5.60 Å². The number of benzene rings is 1. The highest BCUT2D eigenvalue weighted by molar-refractivity contribution is 5.86. The second kappa shape index (κ2) is 5.66. The zero-order valence-electron chi connectivity index (χ0n) is 11.2. The Labute approximate surface area is 110 Å². The number of hydrogen-bond donors (Lipinski definition) is 0. The third-order valence-corrected chi connectivity index (χ3v) is 2.02. The first kappa shape index (κ1) is 14.9. The summed E-state index contributed by atoms with van der Waals surface area (Å²) in [5, 5.41) is 11.6. The predicted molar refractivity (Wildman–Crippen MR) is 68.8 cm³/mol. The van der Waals surface area contributed by atoms with Gasteiger partial charge in [-0.2, -0.15) is 5.06 Å². The van der Waals surface area contributed by atoms with Crippen LogP contribution in [0.1, 0.15) is 20.8 Å². The van der Waals surface area contributed by atoms with E-state index in [4.69, 9.17) is 9.57 Å². The third kappa shape index (κ3) is 4.22. The second-order valence-electron chi connectivity index (χ2n) is 4.73. The molecule has 1 amide bonds. The number of nitrogens with zero attached hydrogens (tertiary/aromatic N) is 2. The SMILES string of the molecule is CON(C(=O)OC(C)(C)C)c1cccc([N+](=O)[O-])c1. The Kier molecular flexibility index (Phi) is 4.44. The third-order valence-electron chi connectivity index (χ3n) is 2.02. The van der Waals surface area contributed by atoms with Crippen LogP contribution in [0.5, 0.6) is 0 Å². The van der Waals surface area contributed by atoms with E-state index in [0.29, 0.717) is 0 Å². The Morgan fingerprint density at radius 2 is 2.00 bits per heavy atom. The fourth-order valence-corrected chi connectivity index (χ4v) is 1.32. The van der Waals surface area contributed by atoms with Crippen molar-refractivity contribution in [3.05, 3.63) is 34.4 Å². The summed E-state index contributed by atoms with van der Waals surface area (Å²) in [5.41, 5.74) is -0.594. The monoisotopic (exact) mass is 268 g/mol. The van der Waals surface area contributed by atoms with Crippen molar-refractivity contribution < 1.29 is 19.3 Å². The number of hydrogen-bond acceptors (Lipinski definition) is 5. The number of non-ortho nitro benzene ring substituents is 1. The molecule has 0 unspecified atom stereocenters. The fraction of sp³-hybridized carbons (Fsp3) is 0.417. The van der Waals surface area contributed by atoms with E-state index in [1.54, 1.807) is 20.8 Å². The molecule has 0 saturated heterocycles. The maximum atomic E-state index is 11.9. The van der Waals surface area contributed by atoms with Crippen LogP contribution in [0, 0.1) is 10.1 Å². The molecule has 7 heteroatoms. The molecule has 0 bridgehead atoms. The highest BCUT2D eigenvalue weighted by atomic mass is 16.7. The Bertz CT molecular complexity index is 481. The molecular formula is C12H16N2O5. The number of anilines is 1. The Morgan fingerprint density at radius 1 is 1.37 bits per heavy atom. The fourth-order valence-electron chi connectivity index (χ4n) is 1.32. The van der Waals surface area contributed by atoms with Crippen molar-refractivity contribution in [2.24, 2.45) is 0 Å². The molecule has 0 fully saturated rings. The minimum atomic E-state index is -0.740. The maximum absolute atomic E-state index is 11.9. The quantitative estimate of drug-likeness (QED) is 0.621. The molecule has 104 valence electrons. The van der Waals surface area contributed by atoms with E-state index in [9.17, 15) is 14.9 Å². The molecule has 0 aliphatic rings. The van der Waals surface area contributed by atoms with Gasteiger partial charge in [0, 0.05) is 12.1 Å². The lowest BCUT2D eigenvalue weighted by Crippen LogP contribution is -2.36. The van der Waals surface area contributed by atoms with Crippen molar-refractivity contribution in [3.63, 3.8) is 0 Å². The molecule has 7 nitrogen and oxygen atoms in total. The highest BCUT2D eigenvalue weighted by Crippen LogP contribution is 2.23. The number of rotatable bonds is 3. The topological polar surface area (TPSA) is 81.9 Å². The lowest BCUT2D eigenvalue weighted by Gasteiger charge is -2.25. The first-order valence-corrected chi connectivity index (χ1v) is 5.56. The van der Waals surface area contributed by atoms with Crippen LogP contribution in [0.3, 0.4) is 0 Å². The maximum Gasteiger partial charge on any atom is 0.439 e. The predicted octanol–water partition coefficient (Wildman–Crippen LogP) is 2.90. The van der Waals surface area contributed by atoms with Gasteiger partial charge in [-0.25, -0.2) is 4.79 Å². The Hall–Kier alpha value is -2.15. The number of carbonyl (C=O) groups is 1. The molecule has 0 N–H and O–H groups in total. The van der Waals surface area contributed by atoms with E-state index in [2.05, 4.69) is 0 Å². The standard InChI is InChI=1S/C12H16N2O5/c1-12(2,3)19-11(15)13(18-4)9-6-5-7-10(8-9)14(16)17/h5-8H,1-4H3. The molecule has 0 spiro atoms. The Balaban J connectivity index is 3.00. The molecular weight excluding hydrogens is 252 g/mol. The van der Waals surface area contributed by atoms with E-state index in [-0.39, 0.29) is 11.4 Å². The van der Waals surface area contributed by atoms with Crippen LogP contribution in [0.15, 0.2) is 24.3 Å². The van der Waals surface area contributed by atoms with Crippen molar-refractivity contribution in [1.82, 2.24) is 0 Å². The van der Waals surface area contributed by atoms with Crippen LogP contribution in [-0.4, -0.2) is 23.7 Å². The Morgan fingerprint density at radius 3 is 2.47 bits per heavy atom. The molecule has 0 atom stereocenters. The minimum absolute atomic E-state index is 0.136. The number of carbonyl (C=O) groups excluding carboxylic acids is 1. The number of amides is 1. The van der Waals surface area contributed by atoms with Crippen LogP contribution in [0.2, 0.25) is 0 Å². The molecule has 1 aromatic rings. The van der Waals surface area contributed by atoms with Crippen molar-refractivity contribution in [3.8, 4) is 0 Å². The van der Waals surface area contributed by atoms with Gasteiger partial charge in [-0.3, -0.25) is 15.0 Å². The van der Waals surface area contributed by atoms with Crippen molar-refractivity contribution in [2.75, 3.05) is 12.2 Å². The zero-order chi connectivity index (χ0) is 14.6. The van der Waals surface area contributed by atoms with Gasteiger partial charge in [0.05, 0.1) is 17.7 Å². The molecule has 19 heavy (non-hydrogen) atoms. The summed E-state index contributed by atoms with van der Waals surface area (Å²) >= 11 is 0. The van der Waals surface area contributed by atoms with E-state index < -0.39 is 16.6 Å². The zero-order valence-corrected chi connectivity index (χ0v) is 11.2. The van der Waals surface area contributed by atoms with Crippen LogP contribution in [0.25, 0.3) is 0 Å². The summed E-state index contributed by atoms with van der Waals surface area (Å²) in [7, 11) is 1.28. The minimum Gasteiger partial charge on any atom is -0.442 e. The van der Waals surface area contributed by atoms with Gasteiger partial charge in [-0.05, 0) is 26.8 Å². The van der Waals surface area contributed by atoms with E-state index in [0.717, 1.165) is 5.06 Å². The highest BCUT2D eigenvalue weighted by Gasteiger charge is 2.24. The van der Waals surface area contributed by atoms with Gasteiger partial charge in [-0.1, -0.05) is 6.07 Å². The normalized spacial score (nSPS) is 10.9. The molecule has 1 rings (SSSR count). The number of nitro benzene ring substituents is 1. The number of hydroxylamine groups is 1. The number of nitro groups is 1. The molecule has 0 saturated carbocycles. The van der Waals surface area contributed by atoms with Crippen LogP contribution in [-0.2, 0) is 9.57 Å². The first-order chi connectivity index (χ1) is 8.74. The van der Waals surface area contributed by atoms with Gasteiger partial charge in [0.2, 0.25) is 0 Å². The van der Waals surface area contributed by atoms with Crippen LogP contribution in [0.4, 0.5) is 16.2 Å². The van der Waals surface area contributed by atoms with E-state index >= 15 is 0 Å². The van der Waals surface area contributed by atoms with Crippen LogP contribution < -0.4 is 5.06 Å². The van der Waals surface area contributed by atoms with E-state index in [1.807, 2.05) is 0 Å². The molecule has 0 aromatic heterocycles. The van der Waals surface area contributed by atoms with Crippen molar-refractivity contribution in [1.29, 1.82) is 0 Å². The lowest BCUT2D eigenvalue weighted by atomic mass is 10.2. The van der Waals surface area contributed by atoms with Crippen molar-refractivity contribution >= 4 is 17.5 Å². The van der Waals surface area contributed by atoms with E-state index in [1.165, 1.54) is 31.4 Å². The van der Waals surface area contributed by atoms with Gasteiger partial charge in [0.25, 0.3) is 5.69 Å². The summed E-state index contributed by atoms with van der Waals surface area (Å²) in [4.78, 5) is 26.9. The van der Waals surface area contributed by atoms with Crippen molar-refractivity contribution in [2.45, 2.75) is 26.4 Å². The lowest BCUT2D eigenvalue weighted by molar-refractivity contribution is -0.384. The molecule has 1 aromatic carbocycles. The largest absolute Gasteiger partial charge is 0.442 e. The summed E-state index contributed by atoms with van der Waals surface area (Å²) < 4.78 is 5.14. The summed E-state index contributed by atoms with van der Waals surface area (Å²) in [6.45, 7) is 5.14. The van der Waals surface area contributed by atoms with Gasteiger partial charge >= 0.3 is 6.09 Å². The smallest absolute Gasteiger partial charge is 0.439 e. The molecule has 0 radical (unpaired) electrons. The van der Waals surface area contributed by atoms with Gasteiger partial charge < -0.3 is 4.74 Å². The number of ether oxygens (including phenoxy) is 1. The second-order valence-corrected chi connectivity index (χ2v) is 4.73. The molecule has 0 aliphatic carbocycles. The summed E-state index contributed by atoms with van der Waals surface area (Å²) in [6, 6.07) is 5.53. The van der Waals surface area contributed by atoms with Gasteiger partial charge in [-0.15, -0.1) is 0 Å².